The van der Waals surface area contributed by atoms with E-state index >= 15 is 0 Å². The number of methoxy groups -OCH3 is 1. The smallest absolute Gasteiger partial charge is 0.125 e. The second kappa shape index (κ2) is 6.42. The molecule has 2 nitrogen and oxygen atoms in total. The molecule has 1 aromatic carbocycles. The van der Waals surface area contributed by atoms with Crippen molar-refractivity contribution in [1.82, 2.24) is 5.32 Å². The molecule has 0 radical (unpaired) electrons. The van der Waals surface area contributed by atoms with E-state index in [-0.39, 0.29) is 0 Å². The summed E-state index contributed by atoms with van der Waals surface area (Å²) in [5.41, 5.74) is 3.95. The lowest BCUT2D eigenvalue weighted by atomic mass is 9.97. The van der Waals surface area contributed by atoms with Crippen LogP contribution < -0.4 is 10.1 Å². The maximum absolute atomic E-state index is 5.60. The van der Waals surface area contributed by atoms with Gasteiger partial charge < -0.3 is 10.1 Å². The maximum atomic E-state index is 5.60. The van der Waals surface area contributed by atoms with Crippen LogP contribution in [-0.4, -0.2) is 19.7 Å². The molecule has 0 heterocycles. The third kappa shape index (κ3) is 3.50. The minimum Gasteiger partial charge on any atom is -0.496 e. The van der Waals surface area contributed by atoms with Gasteiger partial charge in [-0.1, -0.05) is 19.1 Å². The van der Waals surface area contributed by atoms with Crippen LogP contribution in [0.1, 0.15) is 42.9 Å². The fourth-order valence-electron chi connectivity index (χ4n) is 2.90. The highest BCUT2D eigenvalue weighted by Crippen LogP contribution is 2.35. The van der Waals surface area contributed by atoms with Crippen LogP contribution in [0, 0.1) is 19.8 Å². The van der Waals surface area contributed by atoms with Gasteiger partial charge in [-0.2, -0.15) is 0 Å². The molecule has 0 aliphatic heterocycles. The molecule has 2 heteroatoms. The number of ether oxygens (including phenoxy) is 1. The van der Waals surface area contributed by atoms with Gasteiger partial charge >= 0.3 is 0 Å². The van der Waals surface area contributed by atoms with Crippen molar-refractivity contribution in [2.24, 2.45) is 5.92 Å². The summed E-state index contributed by atoms with van der Waals surface area (Å²) in [5, 5.41) is 3.64. The molecule has 0 saturated heterocycles. The number of benzene rings is 1. The number of nitrogens with one attached hydrogen (secondary N) is 1. The lowest BCUT2D eigenvalue weighted by Gasteiger charge is -2.19. The Morgan fingerprint density at radius 3 is 2.63 bits per heavy atom. The summed E-state index contributed by atoms with van der Waals surface area (Å²) in [5.74, 6) is 2.00. The van der Waals surface area contributed by atoms with Crippen molar-refractivity contribution in [2.45, 2.75) is 52.5 Å². The Kier molecular flexibility index (Phi) is 4.87. The molecule has 1 aliphatic carbocycles. The van der Waals surface area contributed by atoms with Crippen LogP contribution in [0.4, 0.5) is 0 Å². The summed E-state index contributed by atoms with van der Waals surface area (Å²) in [6, 6.07) is 5.14. The van der Waals surface area contributed by atoms with Crippen molar-refractivity contribution in [3.8, 4) is 5.75 Å². The highest BCUT2D eigenvalue weighted by Gasteiger charge is 2.30. The standard InChI is InChI=1S/C17H27NO/c1-5-18-16(14-8-9-14)11-10-15-7-6-12(2)13(3)17(15)19-4/h6-7,14,16,18H,5,8-11H2,1-4H3. The van der Waals surface area contributed by atoms with Gasteiger partial charge in [-0.15, -0.1) is 0 Å². The van der Waals surface area contributed by atoms with Gasteiger partial charge in [0.05, 0.1) is 7.11 Å². The molecule has 1 unspecified atom stereocenters. The summed E-state index contributed by atoms with van der Waals surface area (Å²) >= 11 is 0. The molecule has 0 bridgehead atoms. The van der Waals surface area contributed by atoms with Crippen LogP contribution in [0.15, 0.2) is 12.1 Å². The van der Waals surface area contributed by atoms with Crippen LogP contribution >= 0.6 is 0 Å². The Bertz CT molecular complexity index is 424. The second-order valence-electron chi connectivity index (χ2n) is 5.74. The van der Waals surface area contributed by atoms with E-state index in [2.05, 4.69) is 38.2 Å². The molecule has 1 aliphatic rings. The molecule has 1 fully saturated rings. The highest BCUT2D eigenvalue weighted by atomic mass is 16.5. The molecule has 1 atom stereocenters. The average Bonchev–Trinajstić information content (AvgIpc) is 3.23. The molecule has 0 aromatic heterocycles. The third-order valence-corrected chi connectivity index (χ3v) is 4.34. The van der Waals surface area contributed by atoms with E-state index in [1.165, 1.54) is 36.0 Å². The van der Waals surface area contributed by atoms with Crippen LogP contribution in [-0.2, 0) is 6.42 Å². The molecular formula is C17H27NO. The summed E-state index contributed by atoms with van der Waals surface area (Å²) in [7, 11) is 1.79. The molecule has 0 amide bonds. The summed E-state index contributed by atoms with van der Waals surface area (Å²) in [4.78, 5) is 0. The Balaban J connectivity index is 2.04. The van der Waals surface area contributed by atoms with E-state index < -0.39 is 0 Å². The van der Waals surface area contributed by atoms with E-state index in [1.54, 1.807) is 7.11 Å². The molecule has 19 heavy (non-hydrogen) atoms. The van der Waals surface area contributed by atoms with E-state index in [9.17, 15) is 0 Å². The van der Waals surface area contributed by atoms with Crippen molar-refractivity contribution in [3.63, 3.8) is 0 Å². The lowest BCUT2D eigenvalue weighted by Crippen LogP contribution is -2.31. The van der Waals surface area contributed by atoms with Gasteiger partial charge in [0.2, 0.25) is 0 Å². The lowest BCUT2D eigenvalue weighted by molar-refractivity contribution is 0.399. The normalized spacial score (nSPS) is 16.4. The number of rotatable bonds is 7. The van der Waals surface area contributed by atoms with Crippen molar-refractivity contribution in [3.05, 3.63) is 28.8 Å². The van der Waals surface area contributed by atoms with E-state index in [4.69, 9.17) is 4.74 Å². The topological polar surface area (TPSA) is 21.3 Å². The first-order chi connectivity index (χ1) is 9.17. The van der Waals surface area contributed by atoms with Crippen LogP contribution in [0.2, 0.25) is 0 Å². The zero-order valence-electron chi connectivity index (χ0n) is 12.8. The van der Waals surface area contributed by atoms with Gasteiger partial charge in [0.25, 0.3) is 0 Å². The number of aryl methyl sites for hydroxylation is 2. The van der Waals surface area contributed by atoms with Crippen molar-refractivity contribution >= 4 is 0 Å². The molecule has 2 rings (SSSR count). The van der Waals surface area contributed by atoms with Crippen LogP contribution in [0.3, 0.4) is 0 Å². The Hall–Kier alpha value is -1.02. The van der Waals surface area contributed by atoms with Gasteiger partial charge in [0, 0.05) is 6.04 Å². The Morgan fingerprint density at radius 2 is 2.05 bits per heavy atom. The minimum atomic E-state index is 0.691. The largest absolute Gasteiger partial charge is 0.496 e. The first-order valence-corrected chi connectivity index (χ1v) is 7.53. The zero-order valence-corrected chi connectivity index (χ0v) is 12.8. The van der Waals surface area contributed by atoms with E-state index in [0.29, 0.717) is 6.04 Å². The summed E-state index contributed by atoms with van der Waals surface area (Å²) < 4.78 is 5.60. The SMILES string of the molecule is CCNC(CCc1ccc(C)c(C)c1OC)C1CC1. The first-order valence-electron chi connectivity index (χ1n) is 7.53. The zero-order chi connectivity index (χ0) is 13.8. The van der Waals surface area contributed by atoms with Crippen molar-refractivity contribution in [1.29, 1.82) is 0 Å². The molecule has 1 aromatic rings. The fraction of sp³-hybridized carbons (Fsp3) is 0.647. The van der Waals surface area contributed by atoms with E-state index in [0.717, 1.165) is 24.6 Å². The number of hydrogen-bond acceptors (Lipinski definition) is 2. The Labute approximate surface area is 117 Å². The monoisotopic (exact) mass is 261 g/mol. The minimum absolute atomic E-state index is 0.691. The summed E-state index contributed by atoms with van der Waals surface area (Å²) in [6.45, 7) is 7.57. The molecular weight excluding hydrogens is 234 g/mol. The van der Waals surface area contributed by atoms with Gasteiger partial charge in [-0.25, -0.2) is 0 Å². The summed E-state index contributed by atoms with van der Waals surface area (Å²) in [6.07, 6.45) is 5.14. The van der Waals surface area contributed by atoms with Gasteiger partial charge in [0.15, 0.2) is 0 Å². The molecule has 106 valence electrons. The molecule has 1 N–H and O–H groups in total. The van der Waals surface area contributed by atoms with Crippen molar-refractivity contribution < 1.29 is 4.74 Å². The van der Waals surface area contributed by atoms with Crippen molar-refractivity contribution in [2.75, 3.05) is 13.7 Å². The van der Waals surface area contributed by atoms with Gasteiger partial charge in [0.1, 0.15) is 5.75 Å². The third-order valence-electron chi connectivity index (χ3n) is 4.34. The Morgan fingerprint density at radius 1 is 1.32 bits per heavy atom. The number of hydrogen-bond donors (Lipinski definition) is 1. The highest BCUT2D eigenvalue weighted by molar-refractivity contribution is 5.45. The van der Waals surface area contributed by atoms with Gasteiger partial charge in [-0.3, -0.25) is 0 Å². The van der Waals surface area contributed by atoms with Crippen LogP contribution in [0.25, 0.3) is 0 Å². The molecule has 1 saturated carbocycles. The average molecular weight is 261 g/mol. The fourth-order valence-corrected chi connectivity index (χ4v) is 2.90. The predicted molar refractivity (Wildman–Crippen MR) is 81.0 cm³/mol. The first kappa shape index (κ1) is 14.4. The van der Waals surface area contributed by atoms with E-state index in [1.807, 2.05) is 0 Å². The molecule has 0 spiro atoms. The maximum Gasteiger partial charge on any atom is 0.125 e. The second-order valence-corrected chi connectivity index (χ2v) is 5.74. The quantitative estimate of drug-likeness (QED) is 0.809. The van der Waals surface area contributed by atoms with Gasteiger partial charge in [-0.05, 0) is 68.7 Å². The predicted octanol–water partition coefficient (Wildman–Crippen LogP) is 3.63. The van der Waals surface area contributed by atoms with Crippen LogP contribution in [0.5, 0.6) is 5.75 Å².